The maximum atomic E-state index is 12.6. The first kappa shape index (κ1) is 24.1. The number of carboxylic acids is 1. The molecule has 0 saturated carbocycles. The van der Waals surface area contributed by atoms with Crippen LogP contribution in [0.1, 0.15) is 47.7 Å². The Hall–Kier alpha value is -3.59. The third-order valence-corrected chi connectivity index (χ3v) is 6.01. The Morgan fingerprint density at radius 1 is 1.09 bits per heavy atom. The van der Waals surface area contributed by atoms with E-state index in [1.165, 1.54) is 28.7 Å². The SMILES string of the molecule is CCc1ccc(/C=C2\SC(=O)N(CCCCC(=O)Nc3ccc(C(=O)O)c(O)c3)C2=O)cc1. The van der Waals surface area contributed by atoms with Gasteiger partial charge in [-0.1, -0.05) is 31.2 Å². The monoisotopic (exact) mass is 468 g/mol. The molecule has 3 amide bonds. The molecule has 3 rings (SSSR count). The highest BCUT2D eigenvalue weighted by Gasteiger charge is 2.34. The fourth-order valence-corrected chi connectivity index (χ4v) is 4.13. The van der Waals surface area contributed by atoms with Crippen molar-refractivity contribution in [1.29, 1.82) is 0 Å². The van der Waals surface area contributed by atoms with Crippen molar-refractivity contribution in [3.63, 3.8) is 0 Å². The maximum Gasteiger partial charge on any atom is 0.339 e. The smallest absolute Gasteiger partial charge is 0.339 e. The van der Waals surface area contributed by atoms with Gasteiger partial charge in [-0.05, 0) is 60.4 Å². The highest BCUT2D eigenvalue weighted by molar-refractivity contribution is 8.18. The van der Waals surface area contributed by atoms with E-state index in [0.29, 0.717) is 17.7 Å². The van der Waals surface area contributed by atoms with Gasteiger partial charge < -0.3 is 15.5 Å². The number of aromatic carboxylic acids is 1. The fraction of sp³-hybridized carbons (Fsp3) is 0.250. The molecule has 1 aliphatic rings. The van der Waals surface area contributed by atoms with Crippen LogP contribution in [0.3, 0.4) is 0 Å². The first-order valence-electron chi connectivity index (χ1n) is 10.5. The second-order valence-electron chi connectivity index (χ2n) is 7.47. The van der Waals surface area contributed by atoms with Gasteiger partial charge in [0.1, 0.15) is 11.3 Å². The lowest BCUT2D eigenvalue weighted by Crippen LogP contribution is -2.29. The average Bonchev–Trinajstić information content (AvgIpc) is 3.04. The molecule has 172 valence electrons. The Balaban J connectivity index is 1.47. The van der Waals surface area contributed by atoms with Gasteiger partial charge in [0, 0.05) is 24.7 Å². The minimum atomic E-state index is -1.26. The number of nitrogens with zero attached hydrogens (tertiary/aromatic N) is 1. The molecule has 0 aliphatic carbocycles. The predicted molar refractivity (Wildman–Crippen MR) is 126 cm³/mol. The summed E-state index contributed by atoms with van der Waals surface area (Å²) in [6.45, 7) is 2.28. The highest BCUT2D eigenvalue weighted by Crippen LogP contribution is 2.32. The second kappa shape index (κ2) is 10.8. The first-order valence-corrected chi connectivity index (χ1v) is 11.3. The number of aryl methyl sites for hydroxylation is 1. The summed E-state index contributed by atoms with van der Waals surface area (Å²) in [5.74, 6) is -2.35. The lowest BCUT2D eigenvalue weighted by Gasteiger charge is -2.12. The summed E-state index contributed by atoms with van der Waals surface area (Å²) in [7, 11) is 0. The molecule has 2 aromatic rings. The van der Waals surface area contributed by atoms with Crippen molar-refractivity contribution in [2.45, 2.75) is 32.6 Å². The first-order chi connectivity index (χ1) is 15.8. The van der Waals surface area contributed by atoms with E-state index in [4.69, 9.17) is 5.11 Å². The molecule has 33 heavy (non-hydrogen) atoms. The average molecular weight is 469 g/mol. The van der Waals surface area contributed by atoms with E-state index in [0.717, 1.165) is 23.7 Å². The normalized spacial score (nSPS) is 14.7. The number of hydrogen-bond acceptors (Lipinski definition) is 6. The molecule has 1 saturated heterocycles. The number of rotatable bonds is 9. The van der Waals surface area contributed by atoms with Gasteiger partial charge in [0.05, 0.1) is 4.91 Å². The number of imide groups is 1. The maximum absolute atomic E-state index is 12.6. The molecule has 2 aromatic carbocycles. The van der Waals surface area contributed by atoms with Crippen LogP contribution in [-0.2, 0) is 16.0 Å². The third kappa shape index (κ3) is 6.23. The number of carboxylic acid groups (broad SMARTS) is 1. The number of nitrogens with one attached hydrogen (secondary N) is 1. The van der Waals surface area contributed by atoms with Crippen LogP contribution in [0, 0.1) is 0 Å². The number of anilines is 1. The zero-order chi connectivity index (χ0) is 24.0. The van der Waals surface area contributed by atoms with Gasteiger partial charge in [0.15, 0.2) is 0 Å². The van der Waals surface area contributed by atoms with Crippen LogP contribution < -0.4 is 5.32 Å². The van der Waals surface area contributed by atoms with Crippen molar-refractivity contribution in [2.75, 3.05) is 11.9 Å². The quantitative estimate of drug-likeness (QED) is 0.366. The van der Waals surface area contributed by atoms with Gasteiger partial charge >= 0.3 is 5.97 Å². The van der Waals surface area contributed by atoms with Gasteiger partial charge in [-0.15, -0.1) is 0 Å². The van der Waals surface area contributed by atoms with E-state index in [1.54, 1.807) is 6.08 Å². The summed E-state index contributed by atoms with van der Waals surface area (Å²) in [6, 6.07) is 11.6. The molecule has 0 bridgehead atoms. The lowest BCUT2D eigenvalue weighted by atomic mass is 10.1. The largest absolute Gasteiger partial charge is 0.507 e. The molecule has 0 radical (unpaired) electrons. The van der Waals surface area contributed by atoms with Crippen molar-refractivity contribution in [2.24, 2.45) is 0 Å². The van der Waals surface area contributed by atoms with Crippen LogP contribution in [-0.4, -0.2) is 44.7 Å². The molecule has 3 N–H and O–H groups in total. The molecule has 1 fully saturated rings. The lowest BCUT2D eigenvalue weighted by molar-refractivity contribution is -0.122. The van der Waals surface area contributed by atoms with E-state index in [1.807, 2.05) is 24.3 Å². The molecular weight excluding hydrogens is 444 g/mol. The molecule has 0 spiro atoms. The second-order valence-corrected chi connectivity index (χ2v) is 8.46. The summed E-state index contributed by atoms with van der Waals surface area (Å²) in [5, 5.41) is 20.9. The minimum Gasteiger partial charge on any atom is -0.507 e. The van der Waals surface area contributed by atoms with Crippen LogP contribution in [0.2, 0.25) is 0 Å². The van der Waals surface area contributed by atoms with E-state index < -0.39 is 11.7 Å². The van der Waals surface area contributed by atoms with Crippen LogP contribution in [0.15, 0.2) is 47.4 Å². The Labute approximate surface area is 195 Å². The molecule has 8 nitrogen and oxygen atoms in total. The van der Waals surface area contributed by atoms with Crippen molar-refractivity contribution in [3.05, 3.63) is 64.1 Å². The number of carbonyl (C=O) groups excluding carboxylic acids is 3. The van der Waals surface area contributed by atoms with Crippen molar-refractivity contribution in [3.8, 4) is 5.75 Å². The predicted octanol–water partition coefficient (Wildman–Crippen LogP) is 4.50. The number of unbranched alkanes of at least 4 members (excludes halogenated alkanes) is 1. The fourth-order valence-electron chi connectivity index (χ4n) is 3.26. The molecule has 0 unspecified atom stereocenters. The Kier molecular flexibility index (Phi) is 7.89. The molecule has 0 aromatic heterocycles. The Morgan fingerprint density at radius 2 is 1.82 bits per heavy atom. The number of phenols is 1. The third-order valence-electron chi connectivity index (χ3n) is 5.11. The van der Waals surface area contributed by atoms with Crippen LogP contribution in [0.25, 0.3) is 6.08 Å². The zero-order valence-corrected chi connectivity index (χ0v) is 18.9. The molecule has 1 aliphatic heterocycles. The summed E-state index contributed by atoms with van der Waals surface area (Å²) in [4.78, 5) is 49.4. The number of hydrogen-bond donors (Lipinski definition) is 3. The van der Waals surface area contributed by atoms with Crippen LogP contribution in [0.5, 0.6) is 5.75 Å². The molecule has 1 heterocycles. The van der Waals surface area contributed by atoms with E-state index in [9.17, 15) is 24.3 Å². The molecule has 9 heteroatoms. The van der Waals surface area contributed by atoms with Crippen molar-refractivity contribution < 1.29 is 29.4 Å². The van der Waals surface area contributed by atoms with E-state index in [2.05, 4.69) is 12.2 Å². The highest BCUT2D eigenvalue weighted by atomic mass is 32.2. The van der Waals surface area contributed by atoms with E-state index in [-0.39, 0.29) is 41.3 Å². The van der Waals surface area contributed by atoms with Crippen molar-refractivity contribution >= 4 is 46.5 Å². The topological polar surface area (TPSA) is 124 Å². The summed E-state index contributed by atoms with van der Waals surface area (Å²) < 4.78 is 0. The van der Waals surface area contributed by atoms with E-state index >= 15 is 0 Å². The van der Waals surface area contributed by atoms with Gasteiger partial charge in [-0.3, -0.25) is 19.3 Å². The van der Waals surface area contributed by atoms with Crippen LogP contribution in [0.4, 0.5) is 10.5 Å². The Bertz CT molecular complexity index is 1110. The molecule has 0 atom stereocenters. The number of thioether (sulfide) groups is 1. The standard InChI is InChI=1S/C24H24N2O6S/c1-2-15-6-8-16(9-7-15)13-20-22(29)26(24(32)33-20)12-4-3-5-21(28)25-17-10-11-18(23(30)31)19(27)14-17/h6-11,13-14,27H,2-5,12H2,1H3,(H,25,28)(H,30,31)/b20-13-. The zero-order valence-electron chi connectivity index (χ0n) is 18.0. The number of carbonyl (C=O) groups is 4. The number of aromatic hydroxyl groups is 1. The number of amides is 3. The molecular formula is C24H24N2O6S. The van der Waals surface area contributed by atoms with Crippen molar-refractivity contribution in [1.82, 2.24) is 4.90 Å². The van der Waals surface area contributed by atoms with Gasteiger partial charge in [-0.25, -0.2) is 4.79 Å². The number of benzene rings is 2. The van der Waals surface area contributed by atoms with Gasteiger partial charge in [-0.2, -0.15) is 0 Å². The summed E-state index contributed by atoms with van der Waals surface area (Å²) >= 11 is 0.911. The minimum absolute atomic E-state index is 0.150. The van der Waals surface area contributed by atoms with Gasteiger partial charge in [0.25, 0.3) is 11.1 Å². The summed E-state index contributed by atoms with van der Waals surface area (Å²) in [6.07, 6.45) is 3.70. The van der Waals surface area contributed by atoms with Gasteiger partial charge in [0.2, 0.25) is 5.91 Å². The Morgan fingerprint density at radius 3 is 2.45 bits per heavy atom. The van der Waals surface area contributed by atoms with Crippen LogP contribution >= 0.6 is 11.8 Å². The summed E-state index contributed by atoms with van der Waals surface area (Å²) in [5.41, 5.74) is 2.08.